The Morgan fingerprint density at radius 3 is 2.92 bits per heavy atom. The largest absolute Gasteiger partial charge is 0.396 e. The third-order valence-corrected chi connectivity index (χ3v) is 4.60. The number of hydrogen-bond donors (Lipinski definition) is 2. The van der Waals surface area contributed by atoms with E-state index in [1.165, 1.54) is 5.57 Å². The summed E-state index contributed by atoms with van der Waals surface area (Å²) in [7, 11) is 0. The van der Waals surface area contributed by atoms with E-state index in [4.69, 9.17) is 10.1 Å². The molecule has 0 aliphatic heterocycles. The Morgan fingerprint density at radius 2 is 2.16 bits per heavy atom. The predicted octanol–water partition coefficient (Wildman–Crippen LogP) is 5.19. The average molecular weight is 358 g/mol. The fourth-order valence-corrected chi connectivity index (χ4v) is 3.39. The van der Waals surface area contributed by atoms with Crippen molar-refractivity contribution in [2.75, 3.05) is 11.9 Å². The molecule has 0 saturated carbocycles. The van der Waals surface area contributed by atoms with Crippen molar-refractivity contribution in [1.29, 1.82) is 0 Å². The van der Waals surface area contributed by atoms with Gasteiger partial charge in [-0.15, -0.1) is 11.3 Å². The van der Waals surface area contributed by atoms with Gasteiger partial charge in [-0.2, -0.15) is 0 Å². The van der Waals surface area contributed by atoms with Crippen LogP contribution in [0.25, 0.3) is 11.3 Å². The molecule has 1 aliphatic carbocycles. The molecule has 2 aromatic heterocycles. The summed E-state index contributed by atoms with van der Waals surface area (Å²) in [6.07, 6.45) is 11.8. The van der Waals surface area contributed by atoms with Gasteiger partial charge in [0.1, 0.15) is 0 Å². The van der Waals surface area contributed by atoms with Crippen LogP contribution in [-0.4, -0.2) is 21.7 Å². The molecule has 0 fully saturated rings. The molecule has 2 N–H and O–H groups in total. The minimum absolute atomic E-state index is 0.193. The lowest BCUT2D eigenvalue weighted by Crippen LogP contribution is -2.01. The zero-order valence-electron chi connectivity index (χ0n) is 15.2. The highest BCUT2D eigenvalue weighted by Gasteiger charge is 2.10. The molecular formula is C20H27N3OS. The second-order valence-corrected chi connectivity index (χ2v) is 6.57. The number of allylic oxidation sites excluding steroid dienone is 3. The zero-order valence-corrected chi connectivity index (χ0v) is 16.1. The van der Waals surface area contributed by atoms with Crippen molar-refractivity contribution >= 4 is 16.5 Å². The van der Waals surface area contributed by atoms with Crippen LogP contribution in [-0.2, 0) is 6.42 Å². The fraction of sp³-hybridized carbons (Fsp3) is 0.400. The second kappa shape index (κ2) is 10.1. The molecule has 0 amide bonds. The first kappa shape index (κ1) is 19.3. The van der Waals surface area contributed by atoms with E-state index < -0.39 is 0 Å². The van der Waals surface area contributed by atoms with Crippen LogP contribution in [0.4, 0.5) is 5.13 Å². The van der Waals surface area contributed by atoms with Gasteiger partial charge in [0.25, 0.3) is 0 Å². The number of aromatic nitrogens is 2. The number of aryl methyl sites for hydroxylation is 1. The van der Waals surface area contributed by atoms with Gasteiger partial charge in [-0.05, 0) is 50.3 Å². The van der Waals surface area contributed by atoms with E-state index in [1.807, 2.05) is 26.1 Å². The van der Waals surface area contributed by atoms with Crippen LogP contribution in [0.15, 0.2) is 47.3 Å². The van der Waals surface area contributed by atoms with Gasteiger partial charge in [-0.1, -0.05) is 25.5 Å². The van der Waals surface area contributed by atoms with Crippen LogP contribution >= 0.6 is 11.3 Å². The summed E-state index contributed by atoms with van der Waals surface area (Å²) in [5.74, 6) is 0. The Hall–Kier alpha value is -1.98. The molecule has 0 saturated heterocycles. The number of aliphatic hydroxyl groups is 1. The van der Waals surface area contributed by atoms with Crippen molar-refractivity contribution in [3.05, 3.63) is 52.8 Å². The highest BCUT2D eigenvalue weighted by Crippen LogP contribution is 2.29. The van der Waals surface area contributed by atoms with Crippen LogP contribution in [0.1, 0.15) is 45.6 Å². The van der Waals surface area contributed by atoms with Crippen LogP contribution < -0.4 is 5.32 Å². The molecule has 2 aromatic rings. The molecule has 1 aliphatic rings. The van der Waals surface area contributed by atoms with Crippen molar-refractivity contribution in [2.45, 2.75) is 46.5 Å². The molecule has 3 rings (SSSR count). The SMILES string of the molecule is CC.CC1=CC(Nc2nc(-c3ccncc3CCCO)cs2)=CCC1. The summed E-state index contributed by atoms with van der Waals surface area (Å²) < 4.78 is 0. The highest BCUT2D eigenvalue weighted by atomic mass is 32.1. The highest BCUT2D eigenvalue weighted by molar-refractivity contribution is 7.14. The Morgan fingerprint density at radius 1 is 1.32 bits per heavy atom. The molecule has 0 spiro atoms. The summed E-state index contributed by atoms with van der Waals surface area (Å²) in [6, 6.07) is 2.00. The number of rotatable bonds is 6. The molecule has 134 valence electrons. The average Bonchev–Trinajstić information content (AvgIpc) is 3.10. The van der Waals surface area contributed by atoms with E-state index in [-0.39, 0.29) is 6.61 Å². The maximum atomic E-state index is 9.04. The van der Waals surface area contributed by atoms with E-state index in [9.17, 15) is 0 Å². The zero-order chi connectivity index (χ0) is 18.1. The molecule has 0 bridgehead atoms. The first-order valence-electron chi connectivity index (χ1n) is 8.90. The van der Waals surface area contributed by atoms with Gasteiger partial charge in [-0.25, -0.2) is 4.98 Å². The van der Waals surface area contributed by atoms with Crippen molar-refractivity contribution < 1.29 is 5.11 Å². The molecule has 2 heterocycles. The maximum Gasteiger partial charge on any atom is 0.187 e. The minimum atomic E-state index is 0.193. The topological polar surface area (TPSA) is 58.0 Å². The van der Waals surface area contributed by atoms with Crippen LogP contribution in [0.5, 0.6) is 0 Å². The molecule has 0 atom stereocenters. The lowest BCUT2D eigenvalue weighted by Gasteiger charge is -2.11. The van der Waals surface area contributed by atoms with Crippen molar-refractivity contribution in [3.8, 4) is 11.3 Å². The van der Waals surface area contributed by atoms with Crippen LogP contribution in [0.3, 0.4) is 0 Å². The normalized spacial score (nSPS) is 13.4. The molecule has 0 unspecified atom stereocenters. The number of aliphatic hydroxyl groups excluding tert-OH is 1. The summed E-state index contributed by atoms with van der Waals surface area (Å²) >= 11 is 1.61. The lowest BCUT2D eigenvalue weighted by atomic mass is 10.0. The standard InChI is InChI=1S/C18H21N3OS.C2H6/c1-13-4-2-6-15(10-13)20-18-21-17(12-23-18)16-7-8-19-11-14(16)5-3-9-22;1-2/h6-8,10-12,22H,2-5,9H2,1H3,(H,20,21);1-2H3. The third-order valence-electron chi connectivity index (χ3n) is 3.84. The lowest BCUT2D eigenvalue weighted by molar-refractivity contribution is 0.288. The van der Waals surface area contributed by atoms with Crippen LogP contribution in [0, 0.1) is 0 Å². The monoisotopic (exact) mass is 357 g/mol. The summed E-state index contributed by atoms with van der Waals surface area (Å²) in [5, 5.41) is 15.4. The smallest absolute Gasteiger partial charge is 0.187 e. The van der Waals surface area contributed by atoms with E-state index in [1.54, 1.807) is 17.5 Å². The number of nitrogens with zero attached hydrogens (tertiary/aromatic N) is 2. The molecule has 5 heteroatoms. The summed E-state index contributed by atoms with van der Waals surface area (Å²) in [4.78, 5) is 8.91. The molecule has 0 aromatic carbocycles. The van der Waals surface area contributed by atoms with E-state index in [0.717, 1.165) is 53.3 Å². The maximum absolute atomic E-state index is 9.04. The fourth-order valence-electron chi connectivity index (χ4n) is 2.66. The number of pyridine rings is 1. The predicted molar refractivity (Wildman–Crippen MR) is 107 cm³/mol. The van der Waals surface area contributed by atoms with Gasteiger partial charge in [0.2, 0.25) is 0 Å². The quantitative estimate of drug-likeness (QED) is 0.747. The van der Waals surface area contributed by atoms with Crippen molar-refractivity contribution in [1.82, 2.24) is 9.97 Å². The third kappa shape index (κ3) is 5.51. The second-order valence-electron chi connectivity index (χ2n) is 5.71. The first-order chi connectivity index (χ1) is 12.3. The number of nitrogens with one attached hydrogen (secondary N) is 1. The van der Waals surface area contributed by atoms with Gasteiger partial charge in [0.05, 0.1) is 5.69 Å². The van der Waals surface area contributed by atoms with Gasteiger partial charge < -0.3 is 10.4 Å². The summed E-state index contributed by atoms with van der Waals surface area (Å²) in [6.45, 7) is 6.35. The van der Waals surface area contributed by atoms with E-state index >= 15 is 0 Å². The van der Waals surface area contributed by atoms with Gasteiger partial charge >= 0.3 is 0 Å². The minimum Gasteiger partial charge on any atom is -0.396 e. The number of anilines is 1. The Balaban J connectivity index is 0.00000109. The van der Waals surface area contributed by atoms with Crippen molar-refractivity contribution in [3.63, 3.8) is 0 Å². The molecule has 25 heavy (non-hydrogen) atoms. The molecule has 0 radical (unpaired) electrons. The van der Waals surface area contributed by atoms with Gasteiger partial charge in [-0.3, -0.25) is 4.98 Å². The van der Waals surface area contributed by atoms with E-state index in [0.29, 0.717) is 0 Å². The van der Waals surface area contributed by atoms with Gasteiger partial charge in [0.15, 0.2) is 5.13 Å². The van der Waals surface area contributed by atoms with E-state index in [2.05, 4.69) is 34.8 Å². The Kier molecular flexibility index (Phi) is 7.82. The molecule has 4 nitrogen and oxygen atoms in total. The number of thiazole rings is 1. The summed E-state index contributed by atoms with van der Waals surface area (Å²) in [5.41, 5.74) is 5.72. The Bertz CT molecular complexity index is 734. The van der Waals surface area contributed by atoms with Gasteiger partial charge in [0, 0.05) is 35.6 Å². The first-order valence-corrected chi connectivity index (χ1v) is 9.78. The Labute approximate surface area is 154 Å². The van der Waals surface area contributed by atoms with Crippen LogP contribution in [0.2, 0.25) is 0 Å². The molecular weight excluding hydrogens is 330 g/mol. The van der Waals surface area contributed by atoms with Crippen molar-refractivity contribution in [2.24, 2.45) is 0 Å². The number of hydrogen-bond acceptors (Lipinski definition) is 5.